The van der Waals surface area contributed by atoms with E-state index >= 15 is 0 Å². The molecule has 0 saturated carbocycles. The number of carboxylic acids is 1. The molecule has 0 aliphatic heterocycles. The van der Waals surface area contributed by atoms with Gasteiger partial charge in [-0.15, -0.1) is 5.10 Å². The summed E-state index contributed by atoms with van der Waals surface area (Å²) in [6.07, 6.45) is 4.76. The Morgan fingerprint density at radius 3 is 2.68 bits per heavy atom. The number of aromatic nitrogens is 3. The van der Waals surface area contributed by atoms with Crippen molar-refractivity contribution in [3.63, 3.8) is 0 Å². The van der Waals surface area contributed by atoms with Gasteiger partial charge in [0.1, 0.15) is 18.3 Å². The van der Waals surface area contributed by atoms with Gasteiger partial charge in [-0.3, -0.25) is 14.5 Å². The average Bonchev–Trinajstić information content (AvgIpc) is 3.15. The first kappa shape index (κ1) is 25.6. The Balaban J connectivity index is 2.23. The van der Waals surface area contributed by atoms with Gasteiger partial charge in [0.05, 0.1) is 6.20 Å². The third-order valence-corrected chi connectivity index (χ3v) is 4.16. The van der Waals surface area contributed by atoms with Crippen molar-refractivity contribution in [1.29, 1.82) is 0 Å². The van der Waals surface area contributed by atoms with E-state index in [1.165, 1.54) is 0 Å². The molecule has 0 aliphatic carbocycles. The Hall–Kier alpha value is -3.44. The molecule has 1 aromatic rings. The number of aliphatic imine (C=N–C) groups is 1. The second-order valence-corrected chi connectivity index (χ2v) is 7.05. The number of carbonyl (C=O) groups excluding carboxylic acids is 2. The number of carboxylic acid groups (broad SMARTS) is 1. The van der Waals surface area contributed by atoms with Crippen LogP contribution in [0.2, 0.25) is 0 Å². The summed E-state index contributed by atoms with van der Waals surface area (Å²) in [5, 5.41) is 19.6. The molecule has 31 heavy (non-hydrogen) atoms. The lowest BCUT2D eigenvalue weighted by atomic mass is 10.1. The molecule has 0 fully saturated rings. The summed E-state index contributed by atoms with van der Waals surface area (Å²) >= 11 is 0. The zero-order valence-electron chi connectivity index (χ0n) is 17.7. The minimum absolute atomic E-state index is 0.0303. The third-order valence-electron chi connectivity index (χ3n) is 4.16. The van der Waals surface area contributed by atoms with Crippen molar-refractivity contribution < 1.29 is 24.2 Å². The van der Waals surface area contributed by atoms with Gasteiger partial charge in [0, 0.05) is 25.1 Å². The Morgan fingerprint density at radius 1 is 1.29 bits per heavy atom. The highest BCUT2D eigenvalue weighted by atomic mass is 16.5. The summed E-state index contributed by atoms with van der Waals surface area (Å²) in [5.41, 5.74) is 11.3. The fourth-order valence-electron chi connectivity index (χ4n) is 2.54. The van der Waals surface area contributed by atoms with Crippen molar-refractivity contribution in [1.82, 2.24) is 20.3 Å². The van der Waals surface area contributed by atoms with E-state index in [1.54, 1.807) is 17.8 Å². The van der Waals surface area contributed by atoms with Gasteiger partial charge in [0.15, 0.2) is 5.96 Å². The first-order valence-corrected chi connectivity index (χ1v) is 9.98. The van der Waals surface area contributed by atoms with Crippen molar-refractivity contribution >= 4 is 23.8 Å². The van der Waals surface area contributed by atoms with Gasteiger partial charge in [-0.05, 0) is 32.6 Å². The molecule has 6 N–H and O–H groups in total. The lowest BCUT2D eigenvalue weighted by Gasteiger charge is -2.14. The van der Waals surface area contributed by atoms with Crippen LogP contribution in [0.5, 0.6) is 0 Å². The SMILES string of the molecule is C=C(C)C(=O)OCc1cn(CCCCCC(=O)NC(CCCN=C(N)N)C(=O)O)nn1. The van der Waals surface area contributed by atoms with E-state index in [0.717, 1.165) is 12.8 Å². The highest BCUT2D eigenvalue weighted by molar-refractivity contribution is 5.86. The van der Waals surface area contributed by atoms with Crippen molar-refractivity contribution in [3.8, 4) is 0 Å². The van der Waals surface area contributed by atoms with Crippen molar-refractivity contribution in [3.05, 3.63) is 24.0 Å². The summed E-state index contributed by atoms with van der Waals surface area (Å²) in [6.45, 7) is 6.01. The molecule has 1 atom stereocenters. The Kier molecular flexibility index (Phi) is 11.3. The summed E-state index contributed by atoms with van der Waals surface area (Å²) in [5.74, 6) is -1.93. The topological polar surface area (TPSA) is 188 Å². The fourth-order valence-corrected chi connectivity index (χ4v) is 2.54. The maximum Gasteiger partial charge on any atom is 0.333 e. The van der Waals surface area contributed by atoms with Crippen molar-refractivity contribution in [2.24, 2.45) is 16.5 Å². The Bertz CT molecular complexity index is 786. The van der Waals surface area contributed by atoms with Gasteiger partial charge < -0.3 is 26.6 Å². The number of ether oxygens (including phenoxy) is 1. The molecule has 1 unspecified atom stereocenters. The number of esters is 1. The Labute approximate surface area is 180 Å². The molecular weight excluding hydrogens is 406 g/mol. The molecule has 12 nitrogen and oxygen atoms in total. The molecule has 0 spiro atoms. The molecule has 1 aromatic heterocycles. The molecule has 12 heteroatoms. The monoisotopic (exact) mass is 437 g/mol. The molecule has 0 radical (unpaired) electrons. The minimum atomic E-state index is -1.09. The average molecular weight is 438 g/mol. The van der Waals surface area contributed by atoms with Crippen molar-refractivity contribution in [2.45, 2.75) is 64.6 Å². The number of hydrogen-bond acceptors (Lipinski definition) is 7. The van der Waals surface area contributed by atoms with Crippen LogP contribution in [0.25, 0.3) is 0 Å². The second kappa shape index (κ2) is 13.7. The van der Waals surface area contributed by atoms with Gasteiger partial charge >= 0.3 is 11.9 Å². The predicted octanol–water partition coefficient (Wildman–Crippen LogP) is 0.0808. The number of aryl methyl sites for hydroxylation is 1. The third kappa shape index (κ3) is 11.4. The number of carbonyl (C=O) groups is 3. The molecule has 1 amide bonds. The smallest absolute Gasteiger partial charge is 0.333 e. The summed E-state index contributed by atoms with van der Waals surface area (Å²) in [4.78, 5) is 38.4. The number of nitrogens with two attached hydrogens (primary N) is 2. The van der Waals surface area contributed by atoms with Crippen LogP contribution in [0.15, 0.2) is 23.3 Å². The zero-order chi connectivity index (χ0) is 23.2. The van der Waals surface area contributed by atoms with Gasteiger partial charge in [-0.1, -0.05) is 18.2 Å². The van der Waals surface area contributed by atoms with Gasteiger partial charge in [-0.25, -0.2) is 9.59 Å². The Morgan fingerprint density at radius 2 is 2.03 bits per heavy atom. The molecular formula is C19H31N7O5. The highest BCUT2D eigenvalue weighted by Gasteiger charge is 2.19. The number of guanidine groups is 1. The quantitative estimate of drug-likeness (QED) is 0.0968. The minimum Gasteiger partial charge on any atom is -0.480 e. The normalized spacial score (nSPS) is 11.4. The summed E-state index contributed by atoms with van der Waals surface area (Å²) < 4.78 is 6.64. The van der Waals surface area contributed by atoms with E-state index in [-0.39, 0.29) is 31.3 Å². The first-order chi connectivity index (χ1) is 14.7. The number of unbranched alkanes of at least 4 members (excludes halogenated alkanes) is 2. The van der Waals surface area contributed by atoms with E-state index in [0.29, 0.717) is 37.2 Å². The molecule has 1 heterocycles. The second-order valence-electron chi connectivity index (χ2n) is 7.05. The summed E-state index contributed by atoms with van der Waals surface area (Å²) in [6, 6.07) is -0.964. The highest BCUT2D eigenvalue weighted by Crippen LogP contribution is 2.05. The number of amides is 1. The van der Waals surface area contributed by atoms with E-state index in [1.807, 2.05) is 0 Å². The van der Waals surface area contributed by atoms with Gasteiger partial charge in [-0.2, -0.15) is 0 Å². The number of hydrogen-bond donors (Lipinski definition) is 4. The molecule has 0 aliphatic rings. The number of nitrogens with zero attached hydrogens (tertiary/aromatic N) is 4. The van der Waals surface area contributed by atoms with Crippen LogP contribution in [0.4, 0.5) is 0 Å². The van der Waals surface area contributed by atoms with Gasteiger partial charge in [0.2, 0.25) is 5.91 Å². The van der Waals surface area contributed by atoms with Crippen LogP contribution >= 0.6 is 0 Å². The fraction of sp³-hybridized carbons (Fsp3) is 0.579. The maximum absolute atomic E-state index is 12.0. The van der Waals surface area contributed by atoms with E-state index < -0.39 is 18.0 Å². The lowest BCUT2D eigenvalue weighted by molar-refractivity contribution is -0.142. The first-order valence-electron chi connectivity index (χ1n) is 9.98. The molecule has 172 valence electrons. The van der Waals surface area contributed by atoms with E-state index in [4.69, 9.17) is 16.2 Å². The largest absolute Gasteiger partial charge is 0.480 e. The number of rotatable bonds is 15. The summed E-state index contributed by atoms with van der Waals surface area (Å²) in [7, 11) is 0. The molecule has 0 aromatic carbocycles. The van der Waals surface area contributed by atoms with Crippen LogP contribution in [0.3, 0.4) is 0 Å². The number of nitrogens with one attached hydrogen (secondary N) is 1. The van der Waals surface area contributed by atoms with Crippen LogP contribution in [-0.2, 0) is 32.3 Å². The predicted molar refractivity (Wildman–Crippen MR) is 113 cm³/mol. The lowest BCUT2D eigenvalue weighted by Crippen LogP contribution is -2.40. The van der Waals surface area contributed by atoms with Gasteiger partial charge in [0.25, 0.3) is 0 Å². The van der Waals surface area contributed by atoms with Crippen LogP contribution in [-0.4, -0.2) is 56.5 Å². The molecule has 1 rings (SSSR count). The molecule has 0 bridgehead atoms. The van der Waals surface area contributed by atoms with Crippen LogP contribution < -0.4 is 16.8 Å². The standard InChI is InChI=1S/C19H31N7O5/c1-13(2)18(30)31-12-14-11-26(25-24-14)10-5-3-4-8-16(27)23-15(17(28)29)7-6-9-22-19(20)21/h11,15H,1,3-10,12H2,2H3,(H,23,27)(H,28,29)(H4,20,21,22). The van der Waals surface area contributed by atoms with Crippen molar-refractivity contribution in [2.75, 3.05) is 6.54 Å². The zero-order valence-corrected chi connectivity index (χ0v) is 17.7. The molecule has 0 saturated heterocycles. The number of aliphatic carboxylic acids is 1. The maximum atomic E-state index is 12.0. The van der Waals surface area contributed by atoms with E-state index in [2.05, 4.69) is 27.2 Å². The van der Waals surface area contributed by atoms with Crippen LogP contribution in [0.1, 0.15) is 51.1 Å². The van der Waals surface area contributed by atoms with E-state index in [9.17, 15) is 19.5 Å². The van der Waals surface area contributed by atoms with Crippen LogP contribution in [0, 0.1) is 0 Å².